The van der Waals surface area contributed by atoms with Gasteiger partial charge in [0.2, 0.25) is 0 Å². The van der Waals surface area contributed by atoms with E-state index in [1.165, 1.54) is 0 Å². The van der Waals surface area contributed by atoms with Gasteiger partial charge in [-0.15, -0.1) is 0 Å². The second-order valence-corrected chi connectivity index (χ2v) is 5.73. The van der Waals surface area contributed by atoms with Gasteiger partial charge in [-0.3, -0.25) is 0 Å². The van der Waals surface area contributed by atoms with Gasteiger partial charge >= 0.3 is 0 Å². The highest BCUT2D eigenvalue weighted by molar-refractivity contribution is 9.10. The molecule has 0 aliphatic rings. The van der Waals surface area contributed by atoms with Crippen molar-refractivity contribution in [2.45, 2.75) is 26.5 Å². The van der Waals surface area contributed by atoms with Crippen LogP contribution in [0.25, 0.3) is 0 Å². The molecule has 0 spiro atoms. The molecule has 0 unspecified atom stereocenters. The highest BCUT2D eigenvalue weighted by atomic mass is 79.9. The first kappa shape index (κ1) is 15.4. The molecule has 0 saturated carbocycles. The van der Waals surface area contributed by atoms with Gasteiger partial charge < -0.3 is 14.5 Å². The molecule has 0 aliphatic carbocycles. The average molecular weight is 359 g/mol. The SMILES string of the molecule is CCCNCc1occc1COc1cc(Br)ccc1Cl. The Balaban J connectivity index is 1.97. The quantitative estimate of drug-likeness (QED) is 0.724. The minimum absolute atomic E-state index is 0.440. The van der Waals surface area contributed by atoms with Gasteiger partial charge in [0, 0.05) is 10.0 Å². The van der Waals surface area contributed by atoms with Crippen molar-refractivity contribution >= 4 is 27.5 Å². The van der Waals surface area contributed by atoms with Crippen LogP contribution in [-0.2, 0) is 13.2 Å². The highest BCUT2D eigenvalue weighted by Crippen LogP contribution is 2.29. The van der Waals surface area contributed by atoms with E-state index in [0.717, 1.165) is 28.8 Å². The Kier molecular flexibility index (Phi) is 5.95. The topological polar surface area (TPSA) is 34.4 Å². The molecule has 2 rings (SSSR count). The van der Waals surface area contributed by atoms with Gasteiger partial charge in [-0.2, -0.15) is 0 Å². The minimum atomic E-state index is 0.440. The Hall–Kier alpha value is -0.970. The predicted molar refractivity (Wildman–Crippen MR) is 84.2 cm³/mol. The Labute approximate surface area is 132 Å². The molecule has 1 N–H and O–H groups in total. The summed E-state index contributed by atoms with van der Waals surface area (Å²) >= 11 is 9.50. The molecule has 0 radical (unpaired) electrons. The van der Waals surface area contributed by atoms with Crippen molar-refractivity contribution in [1.29, 1.82) is 0 Å². The van der Waals surface area contributed by atoms with Crippen LogP contribution in [0.4, 0.5) is 0 Å². The third kappa shape index (κ3) is 4.27. The normalized spacial score (nSPS) is 10.8. The second kappa shape index (κ2) is 7.72. The van der Waals surface area contributed by atoms with Crippen molar-refractivity contribution in [2.24, 2.45) is 0 Å². The van der Waals surface area contributed by atoms with E-state index in [4.69, 9.17) is 20.8 Å². The number of ether oxygens (including phenoxy) is 1. The number of halogens is 2. The van der Waals surface area contributed by atoms with Crippen molar-refractivity contribution < 1.29 is 9.15 Å². The van der Waals surface area contributed by atoms with Crippen LogP contribution in [0, 0.1) is 0 Å². The van der Waals surface area contributed by atoms with E-state index >= 15 is 0 Å². The van der Waals surface area contributed by atoms with Crippen LogP contribution in [0.5, 0.6) is 5.75 Å². The van der Waals surface area contributed by atoms with Crippen LogP contribution in [-0.4, -0.2) is 6.54 Å². The fourth-order valence-electron chi connectivity index (χ4n) is 1.77. The molecule has 0 atom stereocenters. The average Bonchev–Trinajstić information content (AvgIpc) is 2.88. The lowest BCUT2D eigenvalue weighted by molar-refractivity contribution is 0.301. The van der Waals surface area contributed by atoms with E-state index < -0.39 is 0 Å². The molecule has 5 heteroatoms. The van der Waals surface area contributed by atoms with Crippen molar-refractivity contribution in [3.63, 3.8) is 0 Å². The first-order chi connectivity index (χ1) is 9.70. The van der Waals surface area contributed by atoms with Crippen LogP contribution in [0.2, 0.25) is 5.02 Å². The van der Waals surface area contributed by atoms with E-state index in [0.29, 0.717) is 23.9 Å². The smallest absolute Gasteiger partial charge is 0.139 e. The monoisotopic (exact) mass is 357 g/mol. The summed E-state index contributed by atoms with van der Waals surface area (Å²) in [5.41, 5.74) is 1.03. The molecule has 0 amide bonds. The zero-order chi connectivity index (χ0) is 14.4. The zero-order valence-electron chi connectivity index (χ0n) is 11.3. The molecule has 108 valence electrons. The molecule has 1 aromatic heterocycles. The Morgan fingerprint density at radius 1 is 1.35 bits per heavy atom. The Morgan fingerprint density at radius 3 is 3.00 bits per heavy atom. The van der Waals surface area contributed by atoms with Gasteiger partial charge in [0.1, 0.15) is 18.1 Å². The van der Waals surface area contributed by atoms with E-state index in [1.807, 2.05) is 18.2 Å². The summed E-state index contributed by atoms with van der Waals surface area (Å²) in [6.07, 6.45) is 2.78. The largest absolute Gasteiger partial charge is 0.487 e. The van der Waals surface area contributed by atoms with Crippen LogP contribution < -0.4 is 10.1 Å². The fraction of sp³-hybridized carbons (Fsp3) is 0.333. The van der Waals surface area contributed by atoms with Crippen molar-refractivity contribution in [2.75, 3.05) is 6.54 Å². The van der Waals surface area contributed by atoms with Crippen LogP contribution in [0.3, 0.4) is 0 Å². The molecule has 0 bridgehead atoms. The summed E-state index contributed by atoms with van der Waals surface area (Å²) in [6.45, 7) is 4.26. The van der Waals surface area contributed by atoms with Gasteiger partial charge in [-0.1, -0.05) is 34.5 Å². The van der Waals surface area contributed by atoms with Gasteiger partial charge in [0.25, 0.3) is 0 Å². The highest BCUT2D eigenvalue weighted by Gasteiger charge is 2.08. The summed E-state index contributed by atoms with van der Waals surface area (Å²) in [5.74, 6) is 1.57. The lowest BCUT2D eigenvalue weighted by Gasteiger charge is -2.09. The molecule has 1 heterocycles. The van der Waals surface area contributed by atoms with E-state index in [1.54, 1.807) is 12.3 Å². The number of benzene rings is 1. The lowest BCUT2D eigenvalue weighted by atomic mass is 10.2. The summed E-state index contributed by atoms with van der Waals surface area (Å²) in [6, 6.07) is 7.47. The summed E-state index contributed by atoms with van der Waals surface area (Å²) in [4.78, 5) is 0. The van der Waals surface area contributed by atoms with Gasteiger partial charge in [0.15, 0.2) is 0 Å². The minimum Gasteiger partial charge on any atom is -0.487 e. The van der Waals surface area contributed by atoms with E-state index in [2.05, 4.69) is 28.2 Å². The van der Waals surface area contributed by atoms with Gasteiger partial charge in [-0.05, 0) is 37.2 Å². The Morgan fingerprint density at radius 2 is 2.20 bits per heavy atom. The second-order valence-electron chi connectivity index (χ2n) is 4.41. The number of hydrogen-bond acceptors (Lipinski definition) is 3. The first-order valence-electron chi connectivity index (χ1n) is 6.54. The fourth-order valence-corrected chi connectivity index (χ4v) is 2.28. The third-order valence-corrected chi connectivity index (χ3v) is 3.63. The molecule has 1 aromatic carbocycles. The van der Waals surface area contributed by atoms with Crippen molar-refractivity contribution in [3.05, 3.63) is 51.3 Å². The van der Waals surface area contributed by atoms with Gasteiger partial charge in [-0.25, -0.2) is 0 Å². The molecular formula is C15H17BrClNO2. The van der Waals surface area contributed by atoms with Crippen molar-refractivity contribution in [1.82, 2.24) is 5.32 Å². The summed E-state index contributed by atoms with van der Waals surface area (Å²) < 4.78 is 12.2. The summed E-state index contributed by atoms with van der Waals surface area (Å²) in [7, 11) is 0. The maximum atomic E-state index is 6.10. The van der Waals surface area contributed by atoms with Crippen LogP contribution in [0.15, 0.2) is 39.4 Å². The number of rotatable bonds is 7. The number of furan rings is 1. The molecule has 2 aromatic rings. The van der Waals surface area contributed by atoms with Gasteiger partial charge in [0.05, 0.1) is 17.8 Å². The van der Waals surface area contributed by atoms with Crippen molar-refractivity contribution in [3.8, 4) is 5.75 Å². The maximum Gasteiger partial charge on any atom is 0.139 e. The third-order valence-electron chi connectivity index (χ3n) is 2.83. The molecule has 0 saturated heterocycles. The molecule has 20 heavy (non-hydrogen) atoms. The van der Waals surface area contributed by atoms with Crippen LogP contribution >= 0.6 is 27.5 Å². The number of hydrogen-bond donors (Lipinski definition) is 1. The molecular weight excluding hydrogens is 342 g/mol. The first-order valence-corrected chi connectivity index (χ1v) is 7.71. The van der Waals surface area contributed by atoms with E-state index in [9.17, 15) is 0 Å². The molecule has 0 fully saturated rings. The lowest BCUT2D eigenvalue weighted by Crippen LogP contribution is -2.14. The zero-order valence-corrected chi connectivity index (χ0v) is 13.6. The molecule has 0 aliphatic heterocycles. The summed E-state index contributed by atoms with van der Waals surface area (Å²) in [5, 5.41) is 3.91. The van der Waals surface area contributed by atoms with E-state index in [-0.39, 0.29) is 0 Å². The van der Waals surface area contributed by atoms with Crippen LogP contribution in [0.1, 0.15) is 24.7 Å². The predicted octanol–water partition coefficient (Wildman–Crippen LogP) is 4.77. The maximum absolute atomic E-state index is 6.10. The standard InChI is InChI=1S/C15H17BrClNO2/c1-2-6-18-9-15-11(5-7-19-15)10-20-14-8-12(16)3-4-13(14)17/h3-5,7-8,18H,2,6,9-10H2,1H3. The molecule has 3 nitrogen and oxygen atoms in total. The Bertz CT molecular complexity index is 557. The number of nitrogens with one attached hydrogen (secondary N) is 1.